The van der Waals surface area contributed by atoms with Crippen LogP contribution in [0.15, 0.2) is 46.6 Å². The molecule has 1 N–H and O–H groups in total. The summed E-state index contributed by atoms with van der Waals surface area (Å²) in [5, 5.41) is 2.95. The number of aromatic amines is 1. The quantitative estimate of drug-likeness (QED) is 0.781. The summed E-state index contributed by atoms with van der Waals surface area (Å²) >= 11 is 7.78. The molecule has 1 aromatic carbocycles. The standard InChI is InChI=1S/C14H9ClN2OS/c15-11(8-9-4-3-7-19-9)13-16-12-6-2-1-5-10(12)14(18)17-13/h1-8H,(H,16,17,18)/b11-8+. The summed E-state index contributed by atoms with van der Waals surface area (Å²) in [4.78, 5) is 20.0. The largest absolute Gasteiger partial charge is 0.305 e. The first-order chi connectivity index (χ1) is 9.24. The van der Waals surface area contributed by atoms with Gasteiger partial charge in [-0.05, 0) is 29.7 Å². The molecule has 0 fully saturated rings. The number of benzene rings is 1. The van der Waals surface area contributed by atoms with E-state index in [-0.39, 0.29) is 5.56 Å². The first-order valence-corrected chi connectivity index (χ1v) is 6.90. The van der Waals surface area contributed by atoms with Crippen LogP contribution in [-0.2, 0) is 0 Å². The van der Waals surface area contributed by atoms with Crippen LogP contribution in [0.4, 0.5) is 0 Å². The Morgan fingerprint density at radius 1 is 1.26 bits per heavy atom. The van der Waals surface area contributed by atoms with Gasteiger partial charge in [0.15, 0.2) is 5.82 Å². The third-order valence-electron chi connectivity index (χ3n) is 2.65. The second-order valence-electron chi connectivity index (χ2n) is 3.94. The summed E-state index contributed by atoms with van der Waals surface area (Å²) in [6.07, 6.45) is 1.79. The van der Waals surface area contributed by atoms with Crippen molar-refractivity contribution in [3.63, 3.8) is 0 Å². The molecule has 2 aromatic heterocycles. The Morgan fingerprint density at radius 2 is 2.11 bits per heavy atom. The van der Waals surface area contributed by atoms with Crippen molar-refractivity contribution in [2.75, 3.05) is 0 Å². The minimum Gasteiger partial charge on any atom is -0.305 e. The van der Waals surface area contributed by atoms with E-state index in [1.807, 2.05) is 29.6 Å². The summed E-state index contributed by atoms with van der Waals surface area (Å²) in [6, 6.07) is 11.1. The number of hydrogen-bond acceptors (Lipinski definition) is 3. The van der Waals surface area contributed by atoms with Crippen molar-refractivity contribution in [1.82, 2.24) is 9.97 Å². The van der Waals surface area contributed by atoms with Crippen molar-refractivity contribution in [3.05, 3.63) is 62.8 Å². The van der Waals surface area contributed by atoms with Gasteiger partial charge in [0.05, 0.1) is 15.9 Å². The van der Waals surface area contributed by atoms with Crippen LogP contribution in [0.25, 0.3) is 22.0 Å². The van der Waals surface area contributed by atoms with E-state index in [0.29, 0.717) is 21.8 Å². The molecule has 0 saturated carbocycles. The van der Waals surface area contributed by atoms with Crippen LogP contribution in [0.1, 0.15) is 10.7 Å². The minimum atomic E-state index is -0.182. The van der Waals surface area contributed by atoms with Crippen LogP contribution in [-0.4, -0.2) is 9.97 Å². The predicted octanol–water partition coefficient (Wildman–Crippen LogP) is 3.72. The lowest BCUT2D eigenvalue weighted by Gasteiger charge is -2.01. The topological polar surface area (TPSA) is 45.8 Å². The lowest BCUT2D eigenvalue weighted by molar-refractivity contribution is 1.14. The Hall–Kier alpha value is -1.91. The molecule has 0 saturated heterocycles. The number of H-pyrrole nitrogens is 1. The zero-order chi connectivity index (χ0) is 13.2. The van der Waals surface area contributed by atoms with Crippen molar-refractivity contribution in [2.24, 2.45) is 0 Å². The molecule has 0 unspecified atom stereocenters. The Labute approximate surface area is 118 Å². The fourth-order valence-electron chi connectivity index (χ4n) is 1.77. The third kappa shape index (κ3) is 2.45. The summed E-state index contributed by atoms with van der Waals surface area (Å²) in [5.74, 6) is 0.388. The van der Waals surface area contributed by atoms with E-state index in [0.717, 1.165) is 4.88 Å². The average Bonchev–Trinajstić information content (AvgIpc) is 2.91. The molecule has 3 aromatic rings. The smallest absolute Gasteiger partial charge is 0.259 e. The van der Waals surface area contributed by atoms with Crippen molar-refractivity contribution in [2.45, 2.75) is 0 Å². The molecule has 19 heavy (non-hydrogen) atoms. The van der Waals surface area contributed by atoms with Crippen LogP contribution in [0.5, 0.6) is 0 Å². The van der Waals surface area contributed by atoms with Gasteiger partial charge in [-0.2, -0.15) is 0 Å². The number of nitrogens with one attached hydrogen (secondary N) is 1. The van der Waals surface area contributed by atoms with Crippen molar-refractivity contribution in [3.8, 4) is 0 Å². The molecule has 0 aliphatic heterocycles. The van der Waals surface area contributed by atoms with Crippen molar-refractivity contribution in [1.29, 1.82) is 0 Å². The maximum Gasteiger partial charge on any atom is 0.259 e. The highest BCUT2D eigenvalue weighted by Gasteiger charge is 2.06. The average molecular weight is 289 g/mol. The van der Waals surface area contributed by atoms with Crippen LogP contribution in [0.3, 0.4) is 0 Å². The Balaban J connectivity index is 2.13. The fourth-order valence-corrected chi connectivity index (χ4v) is 2.70. The maximum atomic E-state index is 11.9. The van der Waals surface area contributed by atoms with Gasteiger partial charge in [-0.1, -0.05) is 29.8 Å². The molecule has 2 heterocycles. The zero-order valence-corrected chi connectivity index (χ0v) is 11.3. The van der Waals surface area contributed by atoms with Gasteiger partial charge in [-0.25, -0.2) is 4.98 Å². The monoisotopic (exact) mass is 288 g/mol. The van der Waals surface area contributed by atoms with Gasteiger partial charge in [-0.15, -0.1) is 11.3 Å². The summed E-state index contributed by atoms with van der Waals surface area (Å²) < 4.78 is 0. The molecule has 0 atom stereocenters. The highest BCUT2D eigenvalue weighted by Crippen LogP contribution is 2.21. The van der Waals surface area contributed by atoms with E-state index in [4.69, 9.17) is 11.6 Å². The van der Waals surface area contributed by atoms with E-state index < -0.39 is 0 Å². The molecular formula is C14H9ClN2OS. The Bertz CT molecular complexity index is 806. The fraction of sp³-hybridized carbons (Fsp3) is 0. The van der Waals surface area contributed by atoms with Crippen molar-refractivity contribution < 1.29 is 0 Å². The van der Waals surface area contributed by atoms with E-state index in [1.165, 1.54) is 0 Å². The molecule has 0 spiro atoms. The highest BCUT2D eigenvalue weighted by atomic mass is 35.5. The summed E-state index contributed by atoms with van der Waals surface area (Å²) in [7, 11) is 0. The van der Waals surface area contributed by atoms with Gasteiger partial charge in [0, 0.05) is 4.88 Å². The van der Waals surface area contributed by atoms with E-state index in [1.54, 1.807) is 29.5 Å². The number of rotatable bonds is 2. The lowest BCUT2D eigenvalue weighted by Crippen LogP contribution is -2.10. The molecular weight excluding hydrogens is 280 g/mol. The van der Waals surface area contributed by atoms with Crippen LogP contribution < -0.4 is 5.56 Å². The first kappa shape index (κ1) is 12.1. The predicted molar refractivity (Wildman–Crippen MR) is 80.4 cm³/mol. The maximum absolute atomic E-state index is 11.9. The van der Waals surface area contributed by atoms with Gasteiger partial charge in [0.2, 0.25) is 0 Å². The number of para-hydroxylation sites is 1. The normalized spacial score (nSPS) is 11.9. The van der Waals surface area contributed by atoms with Crippen LogP contribution in [0, 0.1) is 0 Å². The van der Waals surface area contributed by atoms with Crippen molar-refractivity contribution >= 4 is 44.9 Å². The number of fused-ring (bicyclic) bond motifs is 1. The SMILES string of the molecule is O=c1[nH]c(/C(Cl)=C\c2cccs2)nc2ccccc12. The van der Waals surface area contributed by atoms with Gasteiger partial charge in [-0.3, -0.25) is 4.79 Å². The Morgan fingerprint density at radius 3 is 2.89 bits per heavy atom. The van der Waals surface area contributed by atoms with Crippen LogP contribution >= 0.6 is 22.9 Å². The van der Waals surface area contributed by atoms with Gasteiger partial charge >= 0.3 is 0 Å². The molecule has 0 radical (unpaired) electrons. The molecule has 0 bridgehead atoms. The van der Waals surface area contributed by atoms with Gasteiger partial charge in [0.25, 0.3) is 5.56 Å². The van der Waals surface area contributed by atoms with Gasteiger partial charge in [0.1, 0.15) is 0 Å². The molecule has 3 nitrogen and oxygen atoms in total. The van der Waals surface area contributed by atoms with Crippen LogP contribution in [0.2, 0.25) is 0 Å². The number of nitrogens with zero attached hydrogens (tertiary/aromatic N) is 1. The molecule has 94 valence electrons. The summed E-state index contributed by atoms with van der Waals surface area (Å²) in [5.41, 5.74) is 0.456. The van der Waals surface area contributed by atoms with Gasteiger partial charge < -0.3 is 4.98 Å². The van der Waals surface area contributed by atoms with E-state index >= 15 is 0 Å². The summed E-state index contributed by atoms with van der Waals surface area (Å²) in [6.45, 7) is 0. The second-order valence-corrected chi connectivity index (χ2v) is 5.33. The van der Waals surface area contributed by atoms with E-state index in [2.05, 4.69) is 9.97 Å². The molecule has 5 heteroatoms. The zero-order valence-electron chi connectivity index (χ0n) is 9.76. The first-order valence-electron chi connectivity index (χ1n) is 5.64. The second kappa shape index (κ2) is 4.99. The molecule has 0 amide bonds. The number of halogens is 1. The number of aromatic nitrogens is 2. The van der Waals surface area contributed by atoms with E-state index in [9.17, 15) is 4.79 Å². The lowest BCUT2D eigenvalue weighted by atomic mass is 10.2. The Kier molecular flexibility index (Phi) is 3.19. The third-order valence-corrected chi connectivity index (χ3v) is 3.76. The molecule has 3 rings (SSSR count). The minimum absolute atomic E-state index is 0.182. The molecule has 0 aliphatic carbocycles. The number of thiophene rings is 1. The highest BCUT2D eigenvalue weighted by molar-refractivity contribution is 7.11. The number of hydrogen-bond donors (Lipinski definition) is 1. The molecule has 0 aliphatic rings.